The number of hydrogen-bond acceptors (Lipinski definition) is 1. The van der Waals surface area contributed by atoms with Crippen LogP contribution in [0.1, 0.15) is 94.6 Å². The van der Waals surface area contributed by atoms with Gasteiger partial charge in [-0.15, -0.1) is 0 Å². The highest BCUT2D eigenvalue weighted by molar-refractivity contribution is 5.79. The van der Waals surface area contributed by atoms with Crippen molar-refractivity contribution in [1.29, 1.82) is 0 Å². The summed E-state index contributed by atoms with van der Waals surface area (Å²) in [5.41, 5.74) is 3.05. The topological polar surface area (TPSA) is 37.3 Å². The first kappa shape index (κ1) is 21.1. The molecule has 0 amide bonds. The average Bonchev–Trinajstić information content (AvgIpc) is 2.73. The van der Waals surface area contributed by atoms with E-state index in [1.54, 1.807) is 5.56 Å². The van der Waals surface area contributed by atoms with Gasteiger partial charge < -0.3 is 5.11 Å². The van der Waals surface area contributed by atoms with E-state index in [0.717, 1.165) is 36.5 Å². The van der Waals surface area contributed by atoms with Crippen molar-refractivity contribution in [1.82, 2.24) is 0 Å². The van der Waals surface area contributed by atoms with Gasteiger partial charge in [0.25, 0.3) is 0 Å². The molecule has 0 heterocycles. The zero-order chi connectivity index (χ0) is 19.8. The van der Waals surface area contributed by atoms with Gasteiger partial charge in [-0.05, 0) is 92.6 Å². The summed E-state index contributed by atoms with van der Waals surface area (Å²) in [7, 11) is 0. The number of carboxylic acids is 1. The van der Waals surface area contributed by atoms with Crippen LogP contribution in [-0.4, -0.2) is 11.1 Å². The second-order valence-electron chi connectivity index (χ2n) is 9.20. The summed E-state index contributed by atoms with van der Waals surface area (Å²) in [6.45, 7) is 2.25. The normalized spacial score (nSPS) is 28.5. The first-order chi connectivity index (χ1) is 13.7. The SMILES string of the molecule is CCCc1ccc([C@H]2CC[C@H]([C@H]3CC[C@H](CC/C=C/C(=O)O)CC3)CC2)cc1. The molecule has 28 heavy (non-hydrogen) atoms. The Kier molecular flexibility index (Phi) is 8.18. The van der Waals surface area contributed by atoms with E-state index >= 15 is 0 Å². The van der Waals surface area contributed by atoms with Crippen LogP contribution in [0.15, 0.2) is 36.4 Å². The summed E-state index contributed by atoms with van der Waals surface area (Å²) >= 11 is 0. The highest BCUT2D eigenvalue weighted by atomic mass is 16.4. The van der Waals surface area contributed by atoms with Crippen molar-refractivity contribution in [3.05, 3.63) is 47.5 Å². The molecule has 0 aromatic heterocycles. The zero-order valence-electron chi connectivity index (χ0n) is 17.6. The molecule has 2 aliphatic carbocycles. The molecule has 2 nitrogen and oxygen atoms in total. The number of aryl methyl sites for hydroxylation is 1. The minimum atomic E-state index is -0.823. The fourth-order valence-electron chi connectivity index (χ4n) is 5.63. The Labute approximate surface area is 171 Å². The summed E-state index contributed by atoms with van der Waals surface area (Å²) in [5.74, 6) is 2.66. The number of aliphatic carboxylic acids is 1. The van der Waals surface area contributed by atoms with E-state index in [-0.39, 0.29) is 0 Å². The van der Waals surface area contributed by atoms with E-state index in [0.29, 0.717) is 0 Å². The Morgan fingerprint density at radius 3 is 2.14 bits per heavy atom. The van der Waals surface area contributed by atoms with Gasteiger partial charge in [0.05, 0.1) is 0 Å². The zero-order valence-corrected chi connectivity index (χ0v) is 17.6. The van der Waals surface area contributed by atoms with E-state index in [9.17, 15) is 4.79 Å². The third kappa shape index (κ3) is 6.22. The Morgan fingerprint density at radius 1 is 0.964 bits per heavy atom. The lowest BCUT2D eigenvalue weighted by atomic mass is 9.68. The van der Waals surface area contributed by atoms with Gasteiger partial charge in [-0.25, -0.2) is 4.79 Å². The van der Waals surface area contributed by atoms with Gasteiger partial charge in [0.2, 0.25) is 0 Å². The van der Waals surface area contributed by atoms with E-state index < -0.39 is 5.97 Å². The van der Waals surface area contributed by atoms with Gasteiger partial charge in [0, 0.05) is 6.08 Å². The largest absolute Gasteiger partial charge is 0.478 e. The standard InChI is InChI=1S/C26H38O2/c1-2-5-20-8-12-22(13-9-20)24-16-18-25(19-17-24)23-14-10-21(11-15-23)6-3-4-7-26(27)28/h4,7-9,12-13,21,23-25H,2-3,5-6,10-11,14-19H2,1H3,(H,27,28)/b7-4+/t21-,23-,24-,25-. The molecule has 3 rings (SSSR count). The molecule has 0 atom stereocenters. The Morgan fingerprint density at radius 2 is 1.57 bits per heavy atom. The van der Waals surface area contributed by atoms with Crippen molar-refractivity contribution in [2.45, 2.75) is 89.9 Å². The van der Waals surface area contributed by atoms with Gasteiger partial charge in [0.15, 0.2) is 0 Å². The number of carboxylic acid groups (broad SMARTS) is 1. The number of benzene rings is 1. The van der Waals surface area contributed by atoms with Gasteiger partial charge in [-0.2, -0.15) is 0 Å². The van der Waals surface area contributed by atoms with Gasteiger partial charge in [-0.3, -0.25) is 0 Å². The lowest BCUT2D eigenvalue weighted by Crippen LogP contribution is -2.25. The molecule has 2 saturated carbocycles. The maximum Gasteiger partial charge on any atom is 0.327 e. The van der Waals surface area contributed by atoms with Crippen molar-refractivity contribution in [3.63, 3.8) is 0 Å². The lowest BCUT2D eigenvalue weighted by Gasteiger charge is -2.38. The van der Waals surface area contributed by atoms with Crippen LogP contribution in [0.2, 0.25) is 0 Å². The van der Waals surface area contributed by atoms with Gasteiger partial charge in [-0.1, -0.05) is 56.5 Å². The second-order valence-corrected chi connectivity index (χ2v) is 9.20. The molecule has 0 radical (unpaired) electrons. The summed E-state index contributed by atoms with van der Waals surface area (Å²) in [5, 5.41) is 8.67. The maximum absolute atomic E-state index is 10.5. The van der Waals surface area contributed by atoms with Crippen LogP contribution in [0.25, 0.3) is 0 Å². The van der Waals surface area contributed by atoms with Gasteiger partial charge in [0.1, 0.15) is 0 Å². The highest BCUT2D eigenvalue weighted by Gasteiger charge is 2.31. The molecule has 0 aliphatic heterocycles. The maximum atomic E-state index is 10.5. The molecule has 0 spiro atoms. The van der Waals surface area contributed by atoms with Crippen LogP contribution in [0.4, 0.5) is 0 Å². The third-order valence-corrected chi connectivity index (χ3v) is 7.32. The second kappa shape index (κ2) is 10.8. The van der Waals surface area contributed by atoms with E-state index in [1.165, 1.54) is 75.8 Å². The molecular weight excluding hydrogens is 344 g/mol. The number of carbonyl (C=O) groups is 1. The fraction of sp³-hybridized carbons (Fsp3) is 0.654. The molecule has 1 aromatic carbocycles. The average molecular weight is 383 g/mol. The van der Waals surface area contributed by atoms with Crippen molar-refractivity contribution in [3.8, 4) is 0 Å². The molecule has 2 aliphatic rings. The molecule has 1 aromatic rings. The van der Waals surface area contributed by atoms with E-state index in [2.05, 4.69) is 31.2 Å². The molecule has 2 heteroatoms. The predicted molar refractivity (Wildman–Crippen MR) is 117 cm³/mol. The predicted octanol–water partition coefficient (Wildman–Crippen LogP) is 7.14. The molecule has 0 bridgehead atoms. The van der Waals surface area contributed by atoms with E-state index in [4.69, 9.17) is 5.11 Å². The third-order valence-electron chi connectivity index (χ3n) is 7.32. The molecule has 0 saturated heterocycles. The smallest absolute Gasteiger partial charge is 0.327 e. The van der Waals surface area contributed by atoms with Crippen molar-refractivity contribution in [2.75, 3.05) is 0 Å². The summed E-state index contributed by atoms with van der Waals surface area (Å²) < 4.78 is 0. The summed E-state index contributed by atoms with van der Waals surface area (Å²) in [6.07, 6.45) is 18.7. The van der Waals surface area contributed by atoms with Crippen molar-refractivity contribution < 1.29 is 9.90 Å². The lowest BCUT2D eigenvalue weighted by molar-refractivity contribution is -0.131. The van der Waals surface area contributed by atoms with Gasteiger partial charge >= 0.3 is 5.97 Å². The van der Waals surface area contributed by atoms with Crippen LogP contribution < -0.4 is 0 Å². The first-order valence-electron chi connectivity index (χ1n) is 11.6. The van der Waals surface area contributed by atoms with Crippen molar-refractivity contribution in [2.24, 2.45) is 17.8 Å². The Hall–Kier alpha value is -1.57. The quantitative estimate of drug-likeness (QED) is 0.485. The Bertz CT molecular complexity index is 614. The van der Waals surface area contributed by atoms with Crippen LogP contribution in [0, 0.1) is 17.8 Å². The molecule has 154 valence electrons. The van der Waals surface area contributed by atoms with Crippen LogP contribution >= 0.6 is 0 Å². The molecular formula is C26H38O2. The summed E-state index contributed by atoms with van der Waals surface area (Å²) in [4.78, 5) is 10.5. The fourth-order valence-corrected chi connectivity index (χ4v) is 5.63. The highest BCUT2D eigenvalue weighted by Crippen LogP contribution is 2.44. The number of rotatable bonds is 8. The van der Waals surface area contributed by atoms with E-state index in [1.807, 2.05) is 6.08 Å². The minimum Gasteiger partial charge on any atom is -0.478 e. The van der Waals surface area contributed by atoms with Crippen LogP contribution in [0.3, 0.4) is 0 Å². The molecule has 2 fully saturated rings. The van der Waals surface area contributed by atoms with Crippen LogP contribution in [0.5, 0.6) is 0 Å². The molecule has 1 N–H and O–H groups in total. The van der Waals surface area contributed by atoms with Crippen LogP contribution in [-0.2, 0) is 11.2 Å². The number of allylic oxidation sites excluding steroid dienone is 1. The van der Waals surface area contributed by atoms with Crippen molar-refractivity contribution >= 4 is 5.97 Å². The number of hydrogen-bond donors (Lipinski definition) is 1. The summed E-state index contributed by atoms with van der Waals surface area (Å²) in [6, 6.07) is 9.47. The first-order valence-corrected chi connectivity index (χ1v) is 11.6. The minimum absolute atomic E-state index is 0.782. The monoisotopic (exact) mass is 382 g/mol. The molecule has 0 unspecified atom stereocenters. The Balaban J connectivity index is 1.38.